The topological polar surface area (TPSA) is 67.3 Å². The van der Waals surface area contributed by atoms with Gasteiger partial charge in [-0.05, 0) is 24.6 Å². The van der Waals surface area contributed by atoms with Crippen molar-refractivity contribution < 1.29 is 17.6 Å². The van der Waals surface area contributed by atoms with Gasteiger partial charge in [0.05, 0.1) is 16.6 Å². The summed E-state index contributed by atoms with van der Waals surface area (Å²) in [5.74, 6) is -0.969. The van der Waals surface area contributed by atoms with Crippen LogP contribution in [0.15, 0.2) is 48.8 Å². The smallest absolute Gasteiger partial charge is 0.255 e. The zero-order chi connectivity index (χ0) is 17.2. The summed E-state index contributed by atoms with van der Waals surface area (Å²) in [6.45, 7) is 0.354. The second kappa shape index (κ2) is 6.68. The van der Waals surface area contributed by atoms with Crippen molar-refractivity contribution in [2.45, 2.75) is 11.7 Å². The zero-order valence-corrected chi connectivity index (χ0v) is 13.7. The van der Waals surface area contributed by atoms with E-state index in [4.69, 9.17) is 0 Å². The molecule has 0 spiro atoms. The Bertz CT molecular complexity index is 840. The molecule has 1 amide bonds. The fourth-order valence-electron chi connectivity index (χ4n) is 2.90. The van der Waals surface area contributed by atoms with Gasteiger partial charge in [-0.3, -0.25) is 9.78 Å². The maximum absolute atomic E-state index is 14.0. The first-order chi connectivity index (χ1) is 11.5. The van der Waals surface area contributed by atoms with Crippen LogP contribution in [0.2, 0.25) is 0 Å². The maximum Gasteiger partial charge on any atom is 0.255 e. The molecule has 126 valence electrons. The minimum atomic E-state index is -3.53. The lowest BCUT2D eigenvalue weighted by molar-refractivity contribution is 0.0766. The van der Waals surface area contributed by atoms with E-state index >= 15 is 0 Å². The number of pyridine rings is 1. The van der Waals surface area contributed by atoms with Crippen LogP contribution < -0.4 is 0 Å². The number of rotatable bonds is 2. The number of carbonyl (C=O) groups excluding carboxylic acids is 1. The highest BCUT2D eigenvalue weighted by Gasteiger charge is 2.34. The quantitative estimate of drug-likeness (QED) is 0.835. The van der Waals surface area contributed by atoms with Gasteiger partial charge in [0.2, 0.25) is 0 Å². The third-order valence-corrected chi connectivity index (χ3v) is 6.30. The van der Waals surface area contributed by atoms with E-state index in [1.54, 1.807) is 24.4 Å². The third kappa shape index (κ3) is 3.31. The minimum Gasteiger partial charge on any atom is -0.338 e. The lowest BCUT2D eigenvalue weighted by Gasteiger charge is -2.20. The molecule has 3 rings (SSSR count). The fourth-order valence-corrected chi connectivity index (χ4v) is 4.71. The summed E-state index contributed by atoms with van der Waals surface area (Å²) in [4.78, 5) is 17.9. The van der Waals surface area contributed by atoms with Crippen molar-refractivity contribution >= 4 is 15.7 Å². The van der Waals surface area contributed by atoms with Crippen LogP contribution in [0.3, 0.4) is 0 Å². The molecule has 0 N–H and O–H groups in total. The van der Waals surface area contributed by atoms with Crippen LogP contribution in [0.4, 0.5) is 4.39 Å². The van der Waals surface area contributed by atoms with Gasteiger partial charge in [-0.25, -0.2) is 12.8 Å². The van der Waals surface area contributed by atoms with E-state index in [1.807, 2.05) is 0 Å². The average Bonchev–Trinajstić information content (AvgIpc) is 2.74. The van der Waals surface area contributed by atoms with Gasteiger partial charge in [-0.1, -0.05) is 18.2 Å². The van der Waals surface area contributed by atoms with Crippen molar-refractivity contribution in [3.05, 3.63) is 65.7 Å². The molecule has 1 unspecified atom stereocenters. The summed E-state index contributed by atoms with van der Waals surface area (Å²) in [6, 6.07) is 9.20. The molecule has 1 atom stereocenters. The molecular weight excluding hydrogens is 331 g/mol. The number of halogens is 1. The number of sulfone groups is 1. The molecule has 1 saturated heterocycles. The molecule has 0 aliphatic carbocycles. The molecule has 0 radical (unpaired) electrons. The maximum atomic E-state index is 14.0. The highest BCUT2D eigenvalue weighted by Crippen LogP contribution is 2.31. The summed E-state index contributed by atoms with van der Waals surface area (Å²) in [7, 11) is -3.53. The summed E-state index contributed by atoms with van der Waals surface area (Å²) in [6.07, 6.45) is 3.20. The number of amides is 1. The van der Waals surface area contributed by atoms with Crippen LogP contribution in [-0.4, -0.2) is 43.1 Å². The molecular formula is C17H17FN2O3S. The highest BCUT2D eigenvalue weighted by atomic mass is 32.2. The molecule has 7 heteroatoms. The fraction of sp³-hybridized carbons (Fsp3) is 0.294. The number of carbonyl (C=O) groups is 1. The van der Waals surface area contributed by atoms with Gasteiger partial charge in [0, 0.05) is 31.0 Å². The van der Waals surface area contributed by atoms with Crippen molar-refractivity contribution in [1.29, 1.82) is 0 Å². The Labute approximate surface area is 140 Å². The Balaban J connectivity index is 1.85. The summed E-state index contributed by atoms with van der Waals surface area (Å²) < 4.78 is 39.1. The van der Waals surface area contributed by atoms with E-state index in [0.29, 0.717) is 5.56 Å². The van der Waals surface area contributed by atoms with Crippen LogP contribution in [0.25, 0.3) is 0 Å². The SMILES string of the molecule is O=C(c1cccnc1)N1CCC(c2ccccc2F)S(=O)(=O)CC1. The second-order valence-corrected chi connectivity index (χ2v) is 8.00. The van der Waals surface area contributed by atoms with Crippen LogP contribution in [0.1, 0.15) is 27.6 Å². The van der Waals surface area contributed by atoms with E-state index in [1.165, 1.54) is 29.3 Å². The molecule has 2 heterocycles. The van der Waals surface area contributed by atoms with Crippen LogP contribution in [0, 0.1) is 5.82 Å². The van der Waals surface area contributed by atoms with Gasteiger partial charge in [-0.2, -0.15) is 0 Å². The molecule has 2 aromatic rings. The summed E-state index contributed by atoms with van der Waals surface area (Å²) in [5.41, 5.74) is 0.590. The van der Waals surface area contributed by atoms with Gasteiger partial charge in [0.1, 0.15) is 5.82 Å². The van der Waals surface area contributed by atoms with Crippen molar-refractivity contribution in [3.63, 3.8) is 0 Å². The average molecular weight is 348 g/mol. The van der Waals surface area contributed by atoms with E-state index in [9.17, 15) is 17.6 Å². The molecule has 1 aliphatic rings. The van der Waals surface area contributed by atoms with E-state index in [-0.39, 0.29) is 36.7 Å². The summed E-state index contributed by atoms with van der Waals surface area (Å²) >= 11 is 0. The van der Waals surface area contributed by atoms with E-state index in [0.717, 1.165) is 0 Å². The number of hydrogen-bond donors (Lipinski definition) is 0. The molecule has 0 bridgehead atoms. The first-order valence-electron chi connectivity index (χ1n) is 7.64. The van der Waals surface area contributed by atoms with Crippen molar-refractivity contribution in [1.82, 2.24) is 9.88 Å². The molecule has 1 aliphatic heterocycles. The molecule has 5 nitrogen and oxygen atoms in total. The minimum absolute atomic E-state index is 0.0982. The molecule has 1 aromatic heterocycles. The van der Waals surface area contributed by atoms with Gasteiger partial charge in [0.25, 0.3) is 5.91 Å². The van der Waals surface area contributed by atoms with E-state index in [2.05, 4.69) is 4.98 Å². The second-order valence-electron chi connectivity index (χ2n) is 5.70. The van der Waals surface area contributed by atoms with Gasteiger partial charge in [-0.15, -0.1) is 0 Å². The van der Waals surface area contributed by atoms with Gasteiger partial charge in [0.15, 0.2) is 9.84 Å². The molecule has 1 aromatic carbocycles. The normalized spacial score (nSPS) is 20.4. The largest absolute Gasteiger partial charge is 0.338 e. The first-order valence-corrected chi connectivity index (χ1v) is 9.36. The summed E-state index contributed by atoms with van der Waals surface area (Å²) in [5, 5.41) is -0.926. The Kier molecular flexibility index (Phi) is 4.62. The van der Waals surface area contributed by atoms with Gasteiger partial charge >= 0.3 is 0 Å². The van der Waals surface area contributed by atoms with E-state index < -0.39 is 20.9 Å². The van der Waals surface area contributed by atoms with Gasteiger partial charge < -0.3 is 4.90 Å². The Morgan fingerprint density at radius 1 is 1.17 bits per heavy atom. The number of aromatic nitrogens is 1. The lowest BCUT2D eigenvalue weighted by atomic mass is 10.1. The Morgan fingerprint density at radius 3 is 2.67 bits per heavy atom. The molecule has 0 saturated carbocycles. The lowest BCUT2D eigenvalue weighted by Crippen LogP contribution is -2.33. The Morgan fingerprint density at radius 2 is 1.96 bits per heavy atom. The van der Waals surface area contributed by atoms with Crippen molar-refractivity contribution in [2.75, 3.05) is 18.8 Å². The standard InChI is InChI=1S/C17H17FN2O3S/c18-15-6-2-1-5-14(15)16-7-9-20(10-11-24(16,22)23)17(21)13-4-3-8-19-12-13/h1-6,8,12,16H,7,9-11H2. The Hall–Kier alpha value is -2.28. The third-order valence-electron chi connectivity index (χ3n) is 4.19. The van der Waals surface area contributed by atoms with Crippen LogP contribution in [0.5, 0.6) is 0 Å². The highest BCUT2D eigenvalue weighted by molar-refractivity contribution is 7.91. The number of benzene rings is 1. The predicted octanol–water partition coefficient (Wildman–Crippen LogP) is 2.22. The predicted molar refractivity (Wildman–Crippen MR) is 87.7 cm³/mol. The number of nitrogens with zero attached hydrogens (tertiary/aromatic N) is 2. The molecule has 1 fully saturated rings. The van der Waals surface area contributed by atoms with Crippen LogP contribution in [-0.2, 0) is 9.84 Å². The molecule has 24 heavy (non-hydrogen) atoms. The zero-order valence-electron chi connectivity index (χ0n) is 12.9. The monoisotopic (exact) mass is 348 g/mol. The number of hydrogen-bond acceptors (Lipinski definition) is 4. The van der Waals surface area contributed by atoms with Crippen molar-refractivity contribution in [3.8, 4) is 0 Å². The first kappa shape index (κ1) is 16.6. The van der Waals surface area contributed by atoms with Crippen molar-refractivity contribution in [2.24, 2.45) is 0 Å². The van der Waals surface area contributed by atoms with Crippen LogP contribution >= 0.6 is 0 Å².